The Morgan fingerprint density at radius 1 is 1.43 bits per heavy atom. The van der Waals surface area contributed by atoms with E-state index in [1.54, 1.807) is 12.1 Å². The molecule has 74 valence electrons. The second-order valence-electron chi connectivity index (χ2n) is 3.44. The normalized spacial score (nSPS) is 12.1. The van der Waals surface area contributed by atoms with Gasteiger partial charge in [0.2, 0.25) is 0 Å². The molecule has 0 aliphatic heterocycles. The van der Waals surface area contributed by atoms with Gasteiger partial charge in [-0.1, -0.05) is 19.1 Å². The van der Waals surface area contributed by atoms with Gasteiger partial charge in [-0.05, 0) is 47.8 Å². The summed E-state index contributed by atoms with van der Waals surface area (Å²) in [5.74, 6) is 0.318. The molecule has 3 heteroatoms. The van der Waals surface area contributed by atoms with E-state index in [4.69, 9.17) is 5.41 Å². The van der Waals surface area contributed by atoms with Crippen molar-refractivity contribution in [3.8, 4) is 0 Å². The summed E-state index contributed by atoms with van der Waals surface area (Å²) in [4.78, 5) is 10.2. The standard InChI is InChI=1S/C11H14N2O/c1-9(8-12)2-3-10-4-6-11(13-14)7-5-10/h4-9,12H,2-3H2,1H3. The van der Waals surface area contributed by atoms with Crippen LogP contribution in [0.1, 0.15) is 18.9 Å². The summed E-state index contributed by atoms with van der Waals surface area (Å²) in [6, 6.07) is 7.26. The van der Waals surface area contributed by atoms with Crippen molar-refractivity contribution in [1.29, 1.82) is 5.41 Å². The van der Waals surface area contributed by atoms with Crippen molar-refractivity contribution in [1.82, 2.24) is 0 Å². The minimum Gasteiger partial charge on any atom is -0.313 e. The highest BCUT2D eigenvalue weighted by atomic mass is 16.3. The minimum atomic E-state index is 0.318. The number of nitroso groups, excluding NO2 is 1. The molecule has 0 saturated heterocycles. The van der Waals surface area contributed by atoms with Crippen molar-refractivity contribution in [3.05, 3.63) is 34.7 Å². The maximum Gasteiger partial charge on any atom is 0.108 e. The van der Waals surface area contributed by atoms with Crippen molar-refractivity contribution >= 4 is 11.9 Å². The molecule has 0 saturated carbocycles. The molecule has 0 aliphatic rings. The Morgan fingerprint density at radius 2 is 2.07 bits per heavy atom. The van der Waals surface area contributed by atoms with Gasteiger partial charge >= 0.3 is 0 Å². The minimum absolute atomic E-state index is 0.318. The maximum absolute atomic E-state index is 10.2. The Morgan fingerprint density at radius 3 is 2.57 bits per heavy atom. The van der Waals surface area contributed by atoms with Gasteiger partial charge in [-0.2, -0.15) is 0 Å². The second kappa shape index (κ2) is 5.27. The third kappa shape index (κ3) is 3.09. The number of hydrogen-bond acceptors (Lipinski definition) is 3. The number of rotatable bonds is 5. The molecule has 0 fully saturated rings. The van der Waals surface area contributed by atoms with Crippen LogP contribution in [0, 0.1) is 16.2 Å². The number of aryl methyl sites for hydroxylation is 1. The SMILES string of the molecule is CC(C=N)CCc1ccc(N=O)cc1. The summed E-state index contributed by atoms with van der Waals surface area (Å²) < 4.78 is 0. The lowest BCUT2D eigenvalue weighted by Gasteiger charge is -2.04. The average molecular weight is 190 g/mol. The van der Waals surface area contributed by atoms with E-state index >= 15 is 0 Å². The van der Waals surface area contributed by atoms with E-state index in [0.29, 0.717) is 11.6 Å². The van der Waals surface area contributed by atoms with Gasteiger partial charge in [0.05, 0.1) is 0 Å². The second-order valence-corrected chi connectivity index (χ2v) is 3.44. The molecule has 0 radical (unpaired) electrons. The molecule has 1 aromatic rings. The van der Waals surface area contributed by atoms with Crippen LogP contribution in [0.3, 0.4) is 0 Å². The molecule has 0 heterocycles. The van der Waals surface area contributed by atoms with Gasteiger partial charge < -0.3 is 5.41 Å². The van der Waals surface area contributed by atoms with Crippen molar-refractivity contribution < 1.29 is 0 Å². The molecular formula is C11H14N2O. The predicted molar refractivity (Wildman–Crippen MR) is 58.2 cm³/mol. The van der Waals surface area contributed by atoms with Crippen LogP contribution in [0.2, 0.25) is 0 Å². The van der Waals surface area contributed by atoms with E-state index in [9.17, 15) is 4.91 Å². The lowest BCUT2D eigenvalue weighted by Crippen LogP contribution is -1.97. The first kappa shape index (κ1) is 10.6. The Bertz CT molecular complexity index is 306. The van der Waals surface area contributed by atoms with E-state index in [1.165, 1.54) is 11.8 Å². The Kier molecular flexibility index (Phi) is 3.98. The number of nitrogens with zero attached hydrogens (tertiary/aromatic N) is 1. The molecule has 0 bridgehead atoms. The van der Waals surface area contributed by atoms with Crippen LogP contribution < -0.4 is 0 Å². The van der Waals surface area contributed by atoms with Crippen molar-refractivity contribution in [2.45, 2.75) is 19.8 Å². The first-order chi connectivity index (χ1) is 6.76. The van der Waals surface area contributed by atoms with Gasteiger partial charge in [0.1, 0.15) is 5.69 Å². The van der Waals surface area contributed by atoms with Crippen LogP contribution in [0.5, 0.6) is 0 Å². The number of hydrogen-bond donors (Lipinski definition) is 1. The zero-order valence-corrected chi connectivity index (χ0v) is 8.23. The van der Waals surface area contributed by atoms with Gasteiger partial charge in [0.25, 0.3) is 0 Å². The maximum atomic E-state index is 10.2. The molecule has 1 N–H and O–H groups in total. The number of benzene rings is 1. The van der Waals surface area contributed by atoms with Gasteiger partial charge in [-0.15, -0.1) is 4.91 Å². The monoisotopic (exact) mass is 190 g/mol. The molecule has 1 unspecified atom stereocenters. The highest BCUT2D eigenvalue weighted by Gasteiger charge is 1.99. The van der Waals surface area contributed by atoms with Gasteiger partial charge in [-0.25, -0.2) is 0 Å². The molecule has 0 spiro atoms. The first-order valence-corrected chi connectivity index (χ1v) is 4.69. The topological polar surface area (TPSA) is 53.3 Å². The predicted octanol–water partition coefficient (Wildman–Crippen LogP) is 3.30. The molecule has 1 rings (SSSR count). The summed E-state index contributed by atoms with van der Waals surface area (Å²) in [5.41, 5.74) is 1.65. The third-order valence-electron chi connectivity index (χ3n) is 2.21. The van der Waals surface area contributed by atoms with Crippen LogP contribution in [0.15, 0.2) is 29.4 Å². The largest absolute Gasteiger partial charge is 0.313 e. The van der Waals surface area contributed by atoms with Gasteiger partial charge in [0.15, 0.2) is 0 Å². The van der Waals surface area contributed by atoms with Crippen LogP contribution in [0.4, 0.5) is 5.69 Å². The van der Waals surface area contributed by atoms with Crippen LogP contribution in [-0.4, -0.2) is 6.21 Å². The van der Waals surface area contributed by atoms with E-state index in [2.05, 4.69) is 5.18 Å². The fourth-order valence-electron chi connectivity index (χ4n) is 1.20. The zero-order chi connectivity index (χ0) is 10.4. The molecule has 0 amide bonds. The van der Waals surface area contributed by atoms with Crippen LogP contribution in [-0.2, 0) is 6.42 Å². The zero-order valence-electron chi connectivity index (χ0n) is 8.23. The summed E-state index contributed by atoms with van der Waals surface area (Å²) >= 11 is 0. The first-order valence-electron chi connectivity index (χ1n) is 4.69. The highest BCUT2D eigenvalue weighted by Crippen LogP contribution is 2.14. The lowest BCUT2D eigenvalue weighted by molar-refractivity contribution is 0.691. The van der Waals surface area contributed by atoms with E-state index in [-0.39, 0.29) is 0 Å². The molecular weight excluding hydrogens is 176 g/mol. The quantitative estimate of drug-likeness (QED) is 0.562. The van der Waals surface area contributed by atoms with E-state index in [1.807, 2.05) is 19.1 Å². The Labute approximate surface area is 83.6 Å². The summed E-state index contributed by atoms with van der Waals surface area (Å²) in [6.07, 6.45) is 3.37. The third-order valence-corrected chi connectivity index (χ3v) is 2.21. The van der Waals surface area contributed by atoms with E-state index < -0.39 is 0 Å². The molecule has 3 nitrogen and oxygen atoms in total. The van der Waals surface area contributed by atoms with Gasteiger partial charge in [-0.3, -0.25) is 0 Å². The smallest absolute Gasteiger partial charge is 0.108 e. The van der Waals surface area contributed by atoms with Crippen molar-refractivity contribution in [2.75, 3.05) is 0 Å². The molecule has 0 aromatic heterocycles. The van der Waals surface area contributed by atoms with Crippen molar-refractivity contribution in [3.63, 3.8) is 0 Å². The summed E-state index contributed by atoms with van der Waals surface area (Å²) in [5, 5.41) is 9.89. The Balaban J connectivity index is 2.51. The van der Waals surface area contributed by atoms with Crippen molar-refractivity contribution in [2.24, 2.45) is 11.1 Å². The van der Waals surface area contributed by atoms with Gasteiger partial charge in [0, 0.05) is 0 Å². The molecule has 0 aliphatic carbocycles. The molecule has 1 atom stereocenters. The average Bonchev–Trinajstić information content (AvgIpc) is 2.26. The van der Waals surface area contributed by atoms with E-state index in [0.717, 1.165) is 12.8 Å². The molecule has 14 heavy (non-hydrogen) atoms. The fourth-order valence-corrected chi connectivity index (χ4v) is 1.20. The summed E-state index contributed by atoms with van der Waals surface area (Å²) in [6.45, 7) is 2.02. The molecule has 1 aromatic carbocycles. The highest BCUT2D eigenvalue weighted by molar-refractivity contribution is 5.56. The lowest BCUT2D eigenvalue weighted by atomic mass is 10.0. The fraction of sp³-hybridized carbons (Fsp3) is 0.364. The number of nitrogens with one attached hydrogen (secondary N) is 1. The van der Waals surface area contributed by atoms with Crippen LogP contribution >= 0.6 is 0 Å². The summed E-state index contributed by atoms with van der Waals surface area (Å²) in [7, 11) is 0. The Hall–Kier alpha value is -1.51. The van der Waals surface area contributed by atoms with Crippen LogP contribution in [0.25, 0.3) is 0 Å².